The molecule has 0 bridgehead atoms. The van der Waals surface area contributed by atoms with Gasteiger partial charge in [0.2, 0.25) is 5.91 Å². The summed E-state index contributed by atoms with van der Waals surface area (Å²) in [4.78, 5) is 39.4. The summed E-state index contributed by atoms with van der Waals surface area (Å²) in [6.07, 6.45) is -2.97. The van der Waals surface area contributed by atoms with Gasteiger partial charge in [-0.05, 0) is 55.1 Å². The number of amides is 3. The van der Waals surface area contributed by atoms with Crippen LogP contribution in [0.4, 0.5) is 23.7 Å². The van der Waals surface area contributed by atoms with E-state index in [9.17, 15) is 27.6 Å². The average molecular weight is 426 g/mol. The van der Waals surface area contributed by atoms with Crippen molar-refractivity contribution in [1.82, 2.24) is 4.90 Å². The lowest BCUT2D eigenvalue weighted by atomic mass is 10.2. The molecule has 1 aromatic heterocycles. The molecule has 1 aromatic carbocycles. The zero-order valence-electron chi connectivity index (χ0n) is 14.4. The van der Waals surface area contributed by atoms with Gasteiger partial charge in [0.25, 0.3) is 11.1 Å². The minimum atomic E-state index is -4.54. The van der Waals surface area contributed by atoms with Gasteiger partial charge in [-0.25, -0.2) is 0 Å². The second-order valence-electron chi connectivity index (χ2n) is 5.84. The van der Waals surface area contributed by atoms with Gasteiger partial charge in [0, 0.05) is 15.4 Å². The zero-order valence-corrected chi connectivity index (χ0v) is 16.0. The molecule has 1 fully saturated rings. The van der Waals surface area contributed by atoms with Crippen LogP contribution in [0, 0.1) is 6.92 Å². The van der Waals surface area contributed by atoms with E-state index in [2.05, 4.69) is 5.32 Å². The number of thioether (sulfide) groups is 1. The van der Waals surface area contributed by atoms with E-state index in [0.717, 1.165) is 32.9 Å². The number of rotatable bonds is 4. The first-order valence-electron chi connectivity index (χ1n) is 7.92. The third-order valence-corrected chi connectivity index (χ3v) is 5.54. The SMILES string of the molecule is Cc1ccc(/C=C2\SC(=O)N(CC(=O)Nc3cccc(C(F)(F)F)c3)C2=O)s1. The van der Waals surface area contributed by atoms with Crippen LogP contribution < -0.4 is 5.32 Å². The maximum Gasteiger partial charge on any atom is 0.416 e. The Bertz CT molecular complexity index is 982. The van der Waals surface area contributed by atoms with Crippen molar-refractivity contribution in [3.05, 3.63) is 56.6 Å². The molecule has 5 nitrogen and oxygen atoms in total. The summed E-state index contributed by atoms with van der Waals surface area (Å²) in [6.45, 7) is 1.33. The van der Waals surface area contributed by atoms with Gasteiger partial charge in [0.1, 0.15) is 6.54 Å². The quantitative estimate of drug-likeness (QED) is 0.717. The number of aryl methyl sites for hydroxylation is 1. The molecule has 3 amide bonds. The summed E-state index contributed by atoms with van der Waals surface area (Å²) in [7, 11) is 0. The van der Waals surface area contributed by atoms with Crippen LogP contribution >= 0.6 is 23.1 Å². The molecule has 146 valence electrons. The Morgan fingerprint density at radius 3 is 2.61 bits per heavy atom. The monoisotopic (exact) mass is 426 g/mol. The molecular formula is C18H13F3N2O3S2. The van der Waals surface area contributed by atoms with Gasteiger partial charge in [0.15, 0.2) is 0 Å². The number of halogens is 3. The second kappa shape index (κ2) is 7.80. The minimum Gasteiger partial charge on any atom is -0.325 e. The molecule has 3 rings (SSSR count). The highest BCUT2D eigenvalue weighted by Crippen LogP contribution is 2.34. The molecule has 0 spiro atoms. The third-order valence-electron chi connectivity index (χ3n) is 3.68. The van der Waals surface area contributed by atoms with Crippen LogP contribution in [0.2, 0.25) is 0 Å². The molecule has 0 saturated carbocycles. The fourth-order valence-electron chi connectivity index (χ4n) is 2.41. The molecule has 0 atom stereocenters. The summed E-state index contributed by atoms with van der Waals surface area (Å²) in [6, 6.07) is 7.80. The van der Waals surface area contributed by atoms with E-state index < -0.39 is 35.3 Å². The van der Waals surface area contributed by atoms with Gasteiger partial charge in [-0.1, -0.05) is 6.07 Å². The number of hydrogen-bond acceptors (Lipinski definition) is 5. The molecular weight excluding hydrogens is 413 g/mol. The van der Waals surface area contributed by atoms with Crippen molar-refractivity contribution >= 4 is 51.9 Å². The van der Waals surface area contributed by atoms with Crippen LogP contribution in [0.25, 0.3) is 6.08 Å². The largest absolute Gasteiger partial charge is 0.416 e. The van der Waals surface area contributed by atoms with Crippen molar-refractivity contribution in [2.75, 3.05) is 11.9 Å². The highest BCUT2D eigenvalue weighted by Gasteiger charge is 2.36. The number of nitrogens with zero attached hydrogens (tertiary/aromatic N) is 1. The summed E-state index contributed by atoms with van der Waals surface area (Å²) >= 11 is 2.17. The number of hydrogen-bond donors (Lipinski definition) is 1. The predicted molar refractivity (Wildman–Crippen MR) is 102 cm³/mol. The van der Waals surface area contributed by atoms with Crippen molar-refractivity contribution in [3.8, 4) is 0 Å². The predicted octanol–water partition coefficient (Wildman–Crippen LogP) is 4.75. The van der Waals surface area contributed by atoms with Gasteiger partial charge in [0.05, 0.1) is 10.5 Å². The number of anilines is 1. The number of imide groups is 1. The first kappa shape index (κ1) is 20.2. The molecule has 10 heteroatoms. The van der Waals surface area contributed by atoms with Crippen molar-refractivity contribution in [2.24, 2.45) is 0 Å². The molecule has 2 heterocycles. The molecule has 2 aromatic rings. The fraction of sp³-hybridized carbons (Fsp3) is 0.167. The van der Waals surface area contributed by atoms with E-state index in [0.29, 0.717) is 11.8 Å². The Balaban J connectivity index is 1.68. The first-order chi connectivity index (χ1) is 13.1. The number of carbonyl (C=O) groups is 3. The molecule has 0 unspecified atom stereocenters. The lowest BCUT2D eigenvalue weighted by molar-refractivity contribution is -0.137. The first-order valence-corrected chi connectivity index (χ1v) is 9.56. The molecule has 1 aliphatic rings. The molecule has 1 saturated heterocycles. The van der Waals surface area contributed by atoms with Crippen molar-refractivity contribution in [2.45, 2.75) is 13.1 Å². The standard InChI is InChI=1S/C18H13F3N2O3S2/c1-10-5-6-13(27-10)8-14-16(25)23(17(26)28-14)9-15(24)22-12-4-2-3-11(7-12)18(19,20)21/h2-8H,9H2,1H3,(H,22,24)/b14-8-. The minimum absolute atomic E-state index is 0.0728. The van der Waals surface area contributed by atoms with Crippen molar-refractivity contribution in [3.63, 3.8) is 0 Å². The second-order valence-corrected chi connectivity index (χ2v) is 8.16. The van der Waals surface area contributed by atoms with Crippen LogP contribution in [0.15, 0.2) is 41.3 Å². The van der Waals surface area contributed by atoms with Gasteiger partial charge in [-0.3, -0.25) is 19.3 Å². The van der Waals surface area contributed by atoms with Crippen molar-refractivity contribution < 1.29 is 27.6 Å². The van der Waals surface area contributed by atoms with Gasteiger partial charge >= 0.3 is 6.18 Å². The maximum atomic E-state index is 12.7. The van der Waals surface area contributed by atoms with Crippen LogP contribution in [0.3, 0.4) is 0 Å². The molecule has 0 aliphatic carbocycles. The Morgan fingerprint density at radius 1 is 1.21 bits per heavy atom. The number of nitrogens with one attached hydrogen (secondary N) is 1. The van der Waals surface area contributed by atoms with Crippen LogP contribution in [-0.4, -0.2) is 28.5 Å². The Morgan fingerprint density at radius 2 is 1.96 bits per heavy atom. The van der Waals surface area contributed by atoms with Crippen LogP contribution in [0.1, 0.15) is 15.3 Å². The average Bonchev–Trinajstić information content (AvgIpc) is 3.13. The van der Waals surface area contributed by atoms with Crippen LogP contribution in [-0.2, 0) is 15.8 Å². The number of carbonyl (C=O) groups excluding carboxylic acids is 3. The van der Waals surface area contributed by atoms with E-state index in [1.807, 2.05) is 19.1 Å². The summed E-state index contributed by atoms with van der Waals surface area (Å²) in [5.74, 6) is -1.38. The van der Waals surface area contributed by atoms with E-state index in [1.54, 1.807) is 6.08 Å². The Hall–Kier alpha value is -2.59. The Kier molecular flexibility index (Phi) is 5.61. The smallest absolute Gasteiger partial charge is 0.325 e. The van der Waals surface area contributed by atoms with Crippen LogP contribution in [0.5, 0.6) is 0 Å². The summed E-state index contributed by atoms with van der Waals surface area (Å²) < 4.78 is 38.2. The molecule has 1 aliphatic heterocycles. The summed E-state index contributed by atoms with van der Waals surface area (Å²) in [5.41, 5.74) is -0.984. The molecule has 0 radical (unpaired) electrons. The molecule has 1 N–H and O–H groups in total. The topological polar surface area (TPSA) is 66.5 Å². The number of alkyl halides is 3. The Labute approximate surface area is 166 Å². The van der Waals surface area contributed by atoms with Gasteiger partial charge in [-0.15, -0.1) is 11.3 Å². The fourth-order valence-corrected chi connectivity index (χ4v) is 4.14. The van der Waals surface area contributed by atoms with Crippen molar-refractivity contribution in [1.29, 1.82) is 0 Å². The third kappa shape index (κ3) is 4.63. The highest BCUT2D eigenvalue weighted by molar-refractivity contribution is 8.18. The lowest BCUT2D eigenvalue weighted by Gasteiger charge is -2.13. The number of thiophene rings is 1. The normalized spacial score (nSPS) is 16.1. The maximum absolute atomic E-state index is 12.7. The van der Waals surface area contributed by atoms with Gasteiger partial charge in [-0.2, -0.15) is 13.2 Å². The van der Waals surface area contributed by atoms with E-state index >= 15 is 0 Å². The summed E-state index contributed by atoms with van der Waals surface area (Å²) in [5, 5.41) is 1.67. The van der Waals surface area contributed by atoms with E-state index in [1.165, 1.54) is 17.4 Å². The molecule has 28 heavy (non-hydrogen) atoms. The van der Waals surface area contributed by atoms with E-state index in [-0.39, 0.29) is 10.6 Å². The van der Waals surface area contributed by atoms with Gasteiger partial charge < -0.3 is 5.32 Å². The highest BCUT2D eigenvalue weighted by atomic mass is 32.2. The number of benzene rings is 1. The lowest BCUT2D eigenvalue weighted by Crippen LogP contribution is -2.36. The van der Waals surface area contributed by atoms with E-state index in [4.69, 9.17) is 0 Å². The zero-order chi connectivity index (χ0) is 20.5.